The van der Waals surface area contributed by atoms with Gasteiger partial charge in [-0.3, -0.25) is 4.79 Å². The maximum absolute atomic E-state index is 13.1. The van der Waals surface area contributed by atoms with Crippen molar-refractivity contribution >= 4 is 11.6 Å². The second-order valence-corrected chi connectivity index (χ2v) is 6.81. The van der Waals surface area contributed by atoms with Crippen molar-refractivity contribution in [2.75, 3.05) is 18.0 Å². The lowest BCUT2D eigenvalue weighted by molar-refractivity contribution is 0.0976. The van der Waals surface area contributed by atoms with Gasteiger partial charge in [0.25, 0.3) is 5.91 Å². The van der Waals surface area contributed by atoms with E-state index in [0.29, 0.717) is 11.7 Å². The fourth-order valence-electron chi connectivity index (χ4n) is 3.93. The molecule has 0 bridgehead atoms. The van der Waals surface area contributed by atoms with E-state index < -0.39 is 0 Å². The van der Waals surface area contributed by atoms with E-state index in [1.165, 1.54) is 5.56 Å². The van der Waals surface area contributed by atoms with E-state index in [-0.39, 0.29) is 11.9 Å². The molecule has 3 heterocycles. The predicted molar refractivity (Wildman–Crippen MR) is 92.3 cm³/mol. The Kier molecular flexibility index (Phi) is 3.84. The van der Waals surface area contributed by atoms with Gasteiger partial charge in [-0.1, -0.05) is 23.4 Å². The molecule has 126 valence electrons. The van der Waals surface area contributed by atoms with Crippen LogP contribution < -0.4 is 10.2 Å². The zero-order chi connectivity index (χ0) is 16.7. The molecule has 1 aromatic carbocycles. The molecule has 1 saturated heterocycles. The lowest BCUT2D eigenvalue weighted by Gasteiger charge is -2.24. The van der Waals surface area contributed by atoms with Gasteiger partial charge in [0.05, 0.1) is 11.7 Å². The number of para-hydroxylation sites is 1. The quantitative estimate of drug-likeness (QED) is 0.918. The average molecular weight is 325 g/mol. The Morgan fingerprint density at radius 1 is 1.25 bits per heavy atom. The van der Waals surface area contributed by atoms with Gasteiger partial charge in [0.2, 0.25) is 0 Å². The number of hydrogen-bond acceptors (Lipinski definition) is 4. The van der Waals surface area contributed by atoms with Crippen molar-refractivity contribution in [3.05, 3.63) is 41.2 Å². The Bertz CT molecular complexity index is 763. The Morgan fingerprint density at radius 3 is 2.79 bits per heavy atom. The molecule has 24 heavy (non-hydrogen) atoms. The number of carbonyl (C=O) groups excluding carboxylic acids is 1. The molecule has 1 atom stereocenters. The standard InChI is InChI=1S/C18H23N5O/c1-12-11-14-5-3-4-6-16(14)22(12)18(24)17-13(2)23(21-20-17)15-7-9-19-10-8-15/h3-6,12,15,19H,7-11H2,1-2H3/t12-/m1/s1. The number of fused-ring (bicyclic) bond motifs is 1. The van der Waals surface area contributed by atoms with Crippen molar-refractivity contribution in [1.82, 2.24) is 20.3 Å². The highest BCUT2D eigenvalue weighted by molar-refractivity contribution is 6.07. The summed E-state index contributed by atoms with van der Waals surface area (Å²) >= 11 is 0. The van der Waals surface area contributed by atoms with Gasteiger partial charge in [0, 0.05) is 11.7 Å². The molecule has 0 unspecified atom stereocenters. The highest BCUT2D eigenvalue weighted by Gasteiger charge is 2.34. The lowest BCUT2D eigenvalue weighted by atomic mass is 10.1. The summed E-state index contributed by atoms with van der Waals surface area (Å²) in [6, 6.07) is 8.61. The topological polar surface area (TPSA) is 63.1 Å². The molecule has 1 fully saturated rings. The van der Waals surface area contributed by atoms with Crippen LogP contribution in [0.5, 0.6) is 0 Å². The van der Waals surface area contributed by atoms with E-state index in [0.717, 1.165) is 43.7 Å². The number of aromatic nitrogens is 3. The van der Waals surface area contributed by atoms with Crippen LogP contribution in [0, 0.1) is 6.92 Å². The minimum atomic E-state index is -0.0369. The third-order valence-corrected chi connectivity index (χ3v) is 5.21. The summed E-state index contributed by atoms with van der Waals surface area (Å²) in [6.45, 7) is 6.03. The van der Waals surface area contributed by atoms with Gasteiger partial charge in [-0.2, -0.15) is 0 Å². The van der Waals surface area contributed by atoms with Crippen LogP contribution in [0.2, 0.25) is 0 Å². The van der Waals surface area contributed by atoms with Crippen LogP contribution in [0.25, 0.3) is 0 Å². The van der Waals surface area contributed by atoms with Gasteiger partial charge in [0.15, 0.2) is 5.69 Å². The first-order chi connectivity index (χ1) is 11.7. The minimum absolute atomic E-state index is 0.0369. The SMILES string of the molecule is Cc1c(C(=O)N2c3ccccc3C[C@H]2C)nnn1C1CCNCC1. The number of anilines is 1. The summed E-state index contributed by atoms with van der Waals surface area (Å²) in [7, 11) is 0. The molecule has 2 aliphatic heterocycles. The highest BCUT2D eigenvalue weighted by atomic mass is 16.2. The van der Waals surface area contributed by atoms with Crippen LogP contribution in [0.1, 0.15) is 47.6 Å². The van der Waals surface area contributed by atoms with E-state index in [4.69, 9.17) is 0 Å². The Morgan fingerprint density at radius 2 is 2.00 bits per heavy atom. The van der Waals surface area contributed by atoms with Crippen LogP contribution in [-0.4, -0.2) is 40.0 Å². The first-order valence-electron chi connectivity index (χ1n) is 8.71. The first-order valence-corrected chi connectivity index (χ1v) is 8.71. The molecule has 1 aromatic heterocycles. The Balaban J connectivity index is 1.65. The fraction of sp³-hybridized carbons (Fsp3) is 0.500. The molecular formula is C18H23N5O. The maximum Gasteiger partial charge on any atom is 0.281 e. The van der Waals surface area contributed by atoms with Crippen LogP contribution in [0.3, 0.4) is 0 Å². The smallest absolute Gasteiger partial charge is 0.281 e. The summed E-state index contributed by atoms with van der Waals surface area (Å²) < 4.78 is 1.95. The molecule has 2 aromatic rings. The summed E-state index contributed by atoms with van der Waals surface area (Å²) in [4.78, 5) is 15.0. The van der Waals surface area contributed by atoms with Gasteiger partial charge >= 0.3 is 0 Å². The van der Waals surface area contributed by atoms with E-state index in [1.807, 2.05) is 34.7 Å². The number of piperidine rings is 1. The Hall–Kier alpha value is -2.21. The van der Waals surface area contributed by atoms with Crippen molar-refractivity contribution in [2.45, 2.75) is 45.2 Å². The summed E-state index contributed by atoms with van der Waals surface area (Å²) in [5.41, 5.74) is 3.59. The zero-order valence-electron chi connectivity index (χ0n) is 14.2. The molecule has 0 radical (unpaired) electrons. The Labute approximate surface area is 141 Å². The van der Waals surface area contributed by atoms with Gasteiger partial charge in [-0.25, -0.2) is 4.68 Å². The third kappa shape index (κ3) is 2.41. The number of nitrogens with zero attached hydrogens (tertiary/aromatic N) is 4. The summed E-state index contributed by atoms with van der Waals surface area (Å²) in [6.07, 6.45) is 2.95. The first kappa shape index (κ1) is 15.3. The maximum atomic E-state index is 13.1. The molecule has 6 heteroatoms. The number of amides is 1. The van der Waals surface area contributed by atoms with Crippen molar-refractivity contribution in [1.29, 1.82) is 0 Å². The fourth-order valence-corrected chi connectivity index (χ4v) is 3.93. The van der Waals surface area contributed by atoms with Gasteiger partial charge < -0.3 is 10.2 Å². The van der Waals surface area contributed by atoms with Crippen LogP contribution >= 0.6 is 0 Å². The van der Waals surface area contributed by atoms with E-state index in [9.17, 15) is 4.79 Å². The number of rotatable bonds is 2. The van der Waals surface area contributed by atoms with Crippen LogP contribution in [-0.2, 0) is 6.42 Å². The van der Waals surface area contributed by atoms with E-state index >= 15 is 0 Å². The van der Waals surface area contributed by atoms with E-state index in [2.05, 4.69) is 28.6 Å². The van der Waals surface area contributed by atoms with Crippen molar-refractivity contribution < 1.29 is 4.79 Å². The molecule has 0 saturated carbocycles. The average Bonchev–Trinajstić information content (AvgIpc) is 3.14. The molecular weight excluding hydrogens is 302 g/mol. The zero-order valence-corrected chi connectivity index (χ0v) is 14.2. The normalized spacial score (nSPS) is 21.1. The molecule has 2 aliphatic rings. The van der Waals surface area contributed by atoms with E-state index in [1.54, 1.807) is 0 Å². The number of hydrogen-bond donors (Lipinski definition) is 1. The van der Waals surface area contributed by atoms with Crippen molar-refractivity contribution in [3.63, 3.8) is 0 Å². The highest BCUT2D eigenvalue weighted by Crippen LogP contribution is 2.33. The summed E-state index contributed by atoms with van der Waals surface area (Å²) in [5.74, 6) is -0.0369. The number of nitrogens with one attached hydrogen (secondary N) is 1. The second kappa shape index (κ2) is 6.02. The monoisotopic (exact) mass is 325 g/mol. The molecule has 0 aliphatic carbocycles. The van der Waals surface area contributed by atoms with Gasteiger partial charge in [-0.15, -0.1) is 5.10 Å². The number of benzene rings is 1. The minimum Gasteiger partial charge on any atom is -0.317 e. The molecule has 1 N–H and O–H groups in total. The third-order valence-electron chi connectivity index (χ3n) is 5.21. The largest absolute Gasteiger partial charge is 0.317 e. The van der Waals surface area contributed by atoms with Gasteiger partial charge in [-0.05, 0) is 57.8 Å². The van der Waals surface area contributed by atoms with Crippen LogP contribution in [0.15, 0.2) is 24.3 Å². The van der Waals surface area contributed by atoms with Crippen molar-refractivity contribution in [3.8, 4) is 0 Å². The van der Waals surface area contributed by atoms with Gasteiger partial charge in [0.1, 0.15) is 0 Å². The van der Waals surface area contributed by atoms with Crippen LogP contribution in [0.4, 0.5) is 5.69 Å². The molecule has 1 amide bonds. The second-order valence-electron chi connectivity index (χ2n) is 6.81. The summed E-state index contributed by atoms with van der Waals surface area (Å²) in [5, 5.41) is 11.9. The molecule has 0 spiro atoms. The van der Waals surface area contributed by atoms with Crippen molar-refractivity contribution in [2.24, 2.45) is 0 Å². The molecule has 4 rings (SSSR count). The number of carbonyl (C=O) groups is 1. The predicted octanol–water partition coefficient (Wildman–Crippen LogP) is 2.10. The lowest BCUT2D eigenvalue weighted by Crippen LogP contribution is -2.36. The molecule has 6 nitrogen and oxygen atoms in total.